The molecule has 0 aromatic heterocycles. The Balaban J connectivity index is 0.00000400. The summed E-state index contributed by atoms with van der Waals surface area (Å²) in [5.41, 5.74) is 15.9. The lowest BCUT2D eigenvalue weighted by Gasteiger charge is -2.38. The molecule has 3 aromatic rings. The number of fused-ring (bicyclic) bond motifs is 1. The number of nitrogens with zero attached hydrogens (tertiary/aromatic N) is 1. The molecule has 3 aromatic carbocycles. The third kappa shape index (κ3) is 6.31. The molecule has 8 nitrogen and oxygen atoms in total. The summed E-state index contributed by atoms with van der Waals surface area (Å²) < 4.78 is 12.5. The first-order valence-corrected chi connectivity index (χ1v) is 12.3. The van der Waals surface area contributed by atoms with Crippen LogP contribution in [-0.2, 0) is 6.42 Å². The number of phenols is 1. The summed E-state index contributed by atoms with van der Waals surface area (Å²) >= 11 is 0. The van der Waals surface area contributed by atoms with Gasteiger partial charge in [-0.1, -0.05) is 6.07 Å². The molecule has 38 heavy (non-hydrogen) atoms. The Bertz CT molecular complexity index is 1350. The fraction of sp³-hybridized carbons (Fsp3) is 0.310. The number of benzene rings is 3. The van der Waals surface area contributed by atoms with E-state index in [1.54, 1.807) is 36.4 Å². The molecular formula is C29H35ClN4O4. The molecule has 0 radical (unpaired) electrons. The molecule has 1 aliphatic rings. The summed E-state index contributed by atoms with van der Waals surface area (Å²) in [7, 11) is 0. The SMILES string of the molecule is Cc1c(C)c2c(c(C)c1O)CCC(C)(CCOc1ccc(NC(=O)c3cccc(N=C(N)N)c3)cc1)O2.Cl. The average molecular weight is 539 g/mol. The predicted octanol–water partition coefficient (Wildman–Crippen LogP) is 5.45. The van der Waals surface area contributed by atoms with E-state index < -0.39 is 0 Å². The van der Waals surface area contributed by atoms with Crippen LogP contribution in [0, 0.1) is 20.8 Å². The van der Waals surface area contributed by atoms with Gasteiger partial charge in [-0.2, -0.15) is 0 Å². The van der Waals surface area contributed by atoms with Crippen LogP contribution in [0.5, 0.6) is 17.2 Å². The number of guanidine groups is 1. The zero-order chi connectivity index (χ0) is 26.7. The molecule has 1 amide bonds. The lowest BCUT2D eigenvalue weighted by Crippen LogP contribution is -2.38. The molecule has 0 aliphatic carbocycles. The minimum atomic E-state index is -0.353. The highest BCUT2D eigenvalue weighted by molar-refractivity contribution is 6.04. The highest BCUT2D eigenvalue weighted by Gasteiger charge is 2.34. The largest absolute Gasteiger partial charge is 0.507 e. The number of aliphatic imine (C=N–C) groups is 1. The Kier molecular flexibility index (Phi) is 8.78. The Morgan fingerprint density at radius 2 is 1.82 bits per heavy atom. The van der Waals surface area contributed by atoms with Gasteiger partial charge >= 0.3 is 0 Å². The highest BCUT2D eigenvalue weighted by Crippen LogP contribution is 2.44. The first-order chi connectivity index (χ1) is 17.6. The maximum Gasteiger partial charge on any atom is 0.255 e. The average Bonchev–Trinajstić information content (AvgIpc) is 2.87. The van der Waals surface area contributed by atoms with Gasteiger partial charge in [-0.3, -0.25) is 4.79 Å². The fourth-order valence-electron chi connectivity index (χ4n) is 4.56. The van der Waals surface area contributed by atoms with Crippen molar-refractivity contribution in [2.24, 2.45) is 16.5 Å². The molecule has 1 heterocycles. The van der Waals surface area contributed by atoms with Crippen LogP contribution in [0.25, 0.3) is 0 Å². The number of aromatic hydroxyl groups is 1. The van der Waals surface area contributed by atoms with Gasteiger partial charge in [0, 0.05) is 23.2 Å². The second kappa shape index (κ2) is 11.6. The molecule has 202 valence electrons. The molecule has 0 saturated carbocycles. The summed E-state index contributed by atoms with van der Waals surface area (Å²) in [6.07, 6.45) is 2.42. The van der Waals surface area contributed by atoms with Gasteiger partial charge in [-0.25, -0.2) is 4.99 Å². The van der Waals surface area contributed by atoms with Gasteiger partial charge in [0.2, 0.25) is 0 Å². The molecule has 9 heteroatoms. The monoisotopic (exact) mass is 538 g/mol. The van der Waals surface area contributed by atoms with Crippen molar-refractivity contribution in [1.82, 2.24) is 0 Å². The van der Waals surface area contributed by atoms with Gasteiger partial charge in [-0.15, -0.1) is 12.4 Å². The predicted molar refractivity (Wildman–Crippen MR) is 153 cm³/mol. The van der Waals surface area contributed by atoms with Crippen molar-refractivity contribution >= 4 is 35.6 Å². The van der Waals surface area contributed by atoms with Gasteiger partial charge in [0.15, 0.2) is 5.96 Å². The summed E-state index contributed by atoms with van der Waals surface area (Å²) in [6, 6.07) is 14.0. The van der Waals surface area contributed by atoms with Crippen molar-refractivity contribution < 1.29 is 19.4 Å². The molecule has 6 N–H and O–H groups in total. The maximum atomic E-state index is 12.6. The van der Waals surface area contributed by atoms with Crippen LogP contribution in [0.3, 0.4) is 0 Å². The molecule has 0 spiro atoms. The second-order valence-corrected chi connectivity index (χ2v) is 9.75. The number of amides is 1. The molecule has 0 saturated heterocycles. The van der Waals surface area contributed by atoms with Crippen LogP contribution in [0.15, 0.2) is 53.5 Å². The van der Waals surface area contributed by atoms with E-state index in [1.165, 1.54) is 0 Å². The second-order valence-electron chi connectivity index (χ2n) is 9.75. The number of nitrogens with one attached hydrogen (secondary N) is 1. The number of rotatable bonds is 7. The number of hydrogen-bond acceptors (Lipinski definition) is 5. The minimum absolute atomic E-state index is 0. The minimum Gasteiger partial charge on any atom is -0.507 e. The number of ether oxygens (including phenoxy) is 2. The van der Waals surface area contributed by atoms with Crippen molar-refractivity contribution in [3.05, 3.63) is 76.3 Å². The number of hydrogen-bond donors (Lipinski definition) is 4. The molecule has 0 bridgehead atoms. The van der Waals surface area contributed by atoms with Gasteiger partial charge < -0.3 is 31.4 Å². The highest BCUT2D eigenvalue weighted by atomic mass is 35.5. The number of carbonyl (C=O) groups is 1. The molecule has 1 atom stereocenters. The number of nitrogens with two attached hydrogens (primary N) is 2. The van der Waals surface area contributed by atoms with Gasteiger partial charge in [0.1, 0.15) is 22.8 Å². The van der Waals surface area contributed by atoms with Gasteiger partial charge in [0.05, 0.1) is 12.3 Å². The van der Waals surface area contributed by atoms with E-state index in [4.69, 9.17) is 20.9 Å². The lowest BCUT2D eigenvalue weighted by atomic mass is 9.86. The van der Waals surface area contributed by atoms with Crippen LogP contribution >= 0.6 is 12.4 Å². The molecule has 1 unspecified atom stereocenters. The summed E-state index contributed by atoms with van der Waals surface area (Å²) in [5, 5.41) is 13.3. The fourth-order valence-corrected chi connectivity index (χ4v) is 4.56. The lowest BCUT2D eigenvalue weighted by molar-refractivity contribution is 0.0411. The smallest absolute Gasteiger partial charge is 0.255 e. The molecular weight excluding hydrogens is 504 g/mol. The Hall–Kier alpha value is -3.91. The first kappa shape index (κ1) is 28.7. The van der Waals surface area contributed by atoms with Crippen molar-refractivity contribution in [3.8, 4) is 17.2 Å². The van der Waals surface area contributed by atoms with E-state index in [0.717, 1.165) is 47.3 Å². The third-order valence-corrected chi connectivity index (χ3v) is 6.97. The van der Waals surface area contributed by atoms with E-state index in [2.05, 4.69) is 17.2 Å². The Labute approximate surface area is 229 Å². The van der Waals surface area contributed by atoms with Crippen molar-refractivity contribution in [3.63, 3.8) is 0 Å². The first-order valence-electron chi connectivity index (χ1n) is 12.3. The summed E-state index contributed by atoms with van der Waals surface area (Å²) in [6.45, 7) is 8.47. The van der Waals surface area contributed by atoms with E-state index in [-0.39, 0.29) is 29.9 Å². The van der Waals surface area contributed by atoms with Crippen LogP contribution < -0.4 is 26.3 Å². The number of phenolic OH excluding ortho intramolecular Hbond substituents is 1. The summed E-state index contributed by atoms with van der Waals surface area (Å²) in [4.78, 5) is 16.6. The van der Waals surface area contributed by atoms with Gasteiger partial charge in [-0.05, 0) is 99.7 Å². The van der Waals surface area contributed by atoms with Crippen LogP contribution in [0.1, 0.15) is 52.4 Å². The Morgan fingerprint density at radius 1 is 1.11 bits per heavy atom. The van der Waals surface area contributed by atoms with E-state index in [9.17, 15) is 9.90 Å². The zero-order valence-electron chi connectivity index (χ0n) is 22.1. The van der Waals surface area contributed by atoms with Crippen LogP contribution in [-0.4, -0.2) is 29.2 Å². The number of carbonyl (C=O) groups excluding carboxylic acids is 1. The zero-order valence-corrected chi connectivity index (χ0v) is 22.9. The van der Waals surface area contributed by atoms with Crippen molar-refractivity contribution in [1.29, 1.82) is 0 Å². The van der Waals surface area contributed by atoms with Crippen molar-refractivity contribution in [2.75, 3.05) is 11.9 Å². The quantitative estimate of drug-likeness (QED) is 0.233. The third-order valence-electron chi connectivity index (χ3n) is 6.97. The molecule has 0 fully saturated rings. The van der Waals surface area contributed by atoms with Crippen LogP contribution in [0.2, 0.25) is 0 Å². The van der Waals surface area contributed by atoms with Crippen molar-refractivity contribution in [2.45, 2.75) is 52.6 Å². The molecule has 4 rings (SSSR count). The van der Waals surface area contributed by atoms with E-state index in [0.29, 0.717) is 35.0 Å². The van der Waals surface area contributed by atoms with E-state index in [1.807, 2.05) is 32.9 Å². The van der Waals surface area contributed by atoms with E-state index >= 15 is 0 Å². The standard InChI is InChI=1S/C29H34N4O4.ClH/c1-17-18(2)26-24(19(3)25(17)34)12-13-29(4,37-26)14-15-36-23-10-8-21(9-11-23)32-27(35)20-6-5-7-22(16-20)33-28(30)31;/h5-11,16,34H,12-15H2,1-4H3,(H,32,35)(H4,30,31,33);1H. The number of anilines is 1. The summed E-state index contributed by atoms with van der Waals surface area (Å²) in [5.74, 6) is 1.64. The maximum absolute atomic E-state index is 12.6. The normalized spacial score (nSPS) is 15.9. The molecule has 1 aliphatic heterocycles. The Morgan fingerprint density at radius 3 is 2.50 bits per heavy atom. The van der Waals surface area contributed by atoms with Crippen LogP contribution in [0.4, 0.5) is 11.4 Å². The topological polar surface area (TPSA) is 132 Å². The number of halogens is 1. The van der Waals surface area contributed by atoms with Gasteiger partial charge in [0.25, 0.3) is 5.91 Å².